The minimum atomic E-state index is -0.164. The van der Waals surface area contributed by atoms with Crippen molar-refractivity contribution in [1.29, 1.82) is 0 Å². The molecule has 0 aliphatic heterocycles. The van der Waals surface area contributed by atoms with Crippen LogP contribution in [-0.2, 0) is 13.2 Å². The largest absolute Gasteiger partial charge is 0.489 e. The van der Waals surface area contributed by atoms with Crippen LogP contribution in [0.5, 0.6) is 5.75 Å². The number of thiophene rings is 1. The second-order valence-electron chi connectivity index (χ2n) is 7.72. The average molecular weight is 432 g/mol. The molecule has 6 heteroatoms. The van der Waals surface area contributed by atoms with Crippen molar-refractivity contribution in [1.82, 2.24) is 9.78 Å². The highest BCUT2D eigenvalue weighted by Crippen LogP contribution is 2.22. The van der Waals surface area contributed by atoms with E-state index in [1.165, 1.54) is 28.0 Å². The van der Waals surface area contributed by atoms with Crippen LogP contribution in [0.3, 0.4) is 0 Å². The summed E-state index contributed by atoms with van der Waals surface area (Å²) in [5.74, 6) is 1.24. The third-order valence-corrected chi connectivity index (χ3v) is 5.93. The zero-order chi connectivity index (χ0) is 21.8. The van der Waals surface area contributed by atoms with E-state index in [0.717, 1.165) is 16.9 Å². The number of ether oxygens (including phenoxy) is 1. The number of hydrogen-bond donors (Lipinski definition) is 1. The molecule has 5 nitrogen and oxygen atoms in total. The quantitative estimate of drug-likeness (QED) is 0.405. The number of aromatic nitrogens is 2. The first-order chi connectivity index (χ1) is 15.0. The highest BCUT2D eigenvalue weighted by atomic mass is 32.1. The first-order valence-electron chi connectivity index (χ1n) is 10.1. The standard InChI is InChI=1S/C25H25N3O2S/c1-17-4-7-20(8-5-17)14-28-11-10-24(27-28)26-25(29)23-13-21(16-31-23)15-30-22-9-6-18(2)12-19(22)3/h4-13,16H,14-15H2,1-3H3,(H,26,27,29). The van der Waals surface area contributed by atoms with Crippen molar-refractivity contribution in [2.24, 2.45) is 0 Å². The van der Waals surface area contributed by atoms with Gasteiger partial charge < -0.3 is 10.1 Å². The molecular weight excluding hydrogens is 406 g/mol. The Morgan fingerprint density at radius 1 is 1.00 bits per heavy atom. The highest BCUT2D eigenvalue weighted by Gasteiger charge is 2.12. The van der Waals surface area contributed by atoms with Crippen LogP contribution in [0.1, 0.15) is 37.5 Å². The van der Waals surface area contributed by atoms with Crippen molar-refractivity contribution in [2.45, 2.75) is 33.9 Å². The molecule has 0 saturated carbocycles. The minimum absolute atomic E-state index is 0.164. The summed E-state index contributed by atoms with van der Waals surface area (Å²) < 4.78 is 7.73. The van der Waals surface area contributed by atoms with E-state index in [0.29, 0.717) is 23.8 Å². The highest BCUT2D eigenvalue weighted by molar-refractivity contribution is 7.12. The number of hydrogen-bond acceptors (Lipinski definition) is 4. The Morgan fingerprint density at radius 3 is 2.55 bits per heavy atom. The zero-order valence-corrected chi connectivity index (χ0v) is 18.7. The molecule has 4 aromatic rings. The van der Waals surface area contributed by atoms with Crippen molar-refractivity contribution in [2.75, 3.05) is 5.32 Å². The Bertz CT molecular complexity index is 1190. The van der Waals surface area contributed by atoms with Gasteiger partial charge in [0.25, 0.3) is 5.91 Å². The lowest BCUT2D eigenvalue weighted by Gasteiger charge is -2.08. The lowest BCUT2D eigenvalue weighted by Crippen LogP contribution is -2.11. The van der Waals surface area contributed by atoms with Crippen LogP contribution in [0, 0.1) is 20.8 Å². The molecule has 4 rings (SSSR count). The molecule has 2 aromatic carbocycles. The van der Waals surface area contributed by atoms with Crippen LogP contribution in [0.25, 0.3) is 0 Å². The molecule has 2 heterocycles. The maximum Gasteiger partial charge on any atom is 0.266 e. The second kappa shape index (κ2) is 9.18. The van der Waals surface area contributed by atoms with Gasteiger partial charge in [0.1, 0.15) is 12.4 Å². The summed E-state index contributed by atoms with van der Waals surface area (Å²) in [4.78, 5) is 13.2. The van der Waals surface area contributed by atoms with Crippen LogP contribution in [0.15, 0.2) is 66.2 Å². The summed E-state index contributed by atoms with van der Waals surface area (Å²) in [5, 5.41) is 9.29. The van der Waals surface area contributed by atoms with Crippen LogP contribution < -0.4 is 10.1 Å². The van der Waals surface area contributed by atoms with E-state index in [4.69, 9.17) is 4.74 Å². The van der Waals surface area contributed by atoms with Crippen molar-refractivity contribution >= 4 is 23.1 Å². The number of carbonyl (C=O) groups is 1. The molecule has 1 amide bonds. The van der Waals surface area contributed by atoms with E-state index >= 15 is 0 Å². The normalized spacial score (nSPS) is 10.8. The minimum Gasteiger partial charge on any atom is -0.489 e. The van der Waals surface area contributed by atoms with Crippen LogP contribution in [0.4, 0.5) is 5.82 Å². The van der Waals surface area contributed by atoms with Crippen LogP contribution in [-0.4, -0.2) is 15.7 Å². The molecule has 2 aromatic heterocycles. The molecule has 31 heavy (non-hydrogen) atoms. The summed E-state index contributed by atoms with van der Waals surface area (Å²) in [7, 11) is 0. The van der Waals surface area contributed by atoms with E-state index in [-0.39, 0.29) is 5.91 Å². The summed E-state index contributed by atoms with van der Waals surface area (Å²) in [6.07, 6.45) is 1.87. The van der Waals surface area contributed by atoms with Gasteiger partial charge in [-0.1, -0.05) is 47.5 Å². The van der Waals surface area contributed by atoms with Gasteiger partial charge in [0.05, 0.1) is 11.4 Å². The predicted octanol–water partition coefficient (Wildman–Crippen LogP) is 5.75. The molecule has 0 bridgehead atoms. The van der Waals surface area contributed by atoms with E-state index in [2.05, 4.69) is 54.6 Å². The molecular formula is C25H25N3O2S. The molecule has 0 saturated heterocycles. The first kappa shape index (κ1) is 20.9. The van der Waals surface area contributed by atoms with Gasteiger partial charge in [-0.05, 0) is 49.4 Å². The van der Waals surface area contributed by atoms with E-state index in [1.807, 2.05) is 47.4 Å². The molecule has 1 N–H and O–H groups in total. The number of nitrogens with zero attached hydrogens (tertiary/aromatic N) is 2. The third kappa shape index (κ3) is 5.41. The molecule has 0 unspecified atom stereocenters. The summed E-state index contributed by atoms with van der Waals surface area (Å²) in [6.45, 7) is 7.25. The fourth-order valence-electron chi connectivity index (χ4n) is 3.27. The molecule has 0 atom stereocenters. The van der Waals surface area contributed by atoms with Gasteiger partial charge in [0.2, 0.25) is 0 Å². The van der Waals surface area contributed by atoms with Crippen molar-refractivity contribution in [3.63, 3.8) is 0 Å². The van der Waals surface area contributed by atoms with Gasteiger partial charge in [0.15, 0.2) is 5.82 Å². The maximum absolute atomic E-state index is 12.6. The monoisotopic (exact) mass is 431 g/mol. The molecule has 0 spiro atoms. The number of anilines is 1. The molecule has 158 valence electrons. The first-order valence-corrected chi connectivity index (χ1v) is 11.0. The molecule has 0 aliphatic carbocycles. The van der Waals surface area contributed by atoms with Crippen LogP contribution in [0.2, 0.25) is 0 Å². The number of rotatable bonds is 7. The van der Waals surface area contributed by atoms with Crippen molar-refractivity contribution in [3.8, 4) is 5.75 Å². The Hall–Kier alpha value is -3.38. The summed E-state index contributed by atoms with van der Waals surface area (Å²) >= 11 is 1.40. The Morgan fingerprint density at radius 2 is 1.77 bits per heavy atom. The van der Waals surface area contributed by atoms with E-state index in [1.54, 1.807) is 0 Å². The van der Waals surface area contributed by atoms with Crippen LogP contribution >= 0.6 is 11.3 Å². The summed E-state index contributed by atoms with van der Waals surface area (Å²) in [6, 6.07) is 18.1. The maximum atomic E-state index is 12.6. The molecule has 0 aliphatic rings. The van der Waals surface area contributed by atoms with Gasteiger partial charge in [0, 0.05) is 17.8 Å². The van der Waals surface area contributed by atoms with Gasteiger partial charge in [-0.2, -0.15) is 5.10 Å². The Kier molecular flexibility index (Phi) is 6.18. The number of amides is 1. The van der Waals surface area contributed by atoms with E-state index in [9.17, 15) is 4.79 Å². The molecule has 0 radical (unpaired) electrons. The zero-order valence-electron chi connectivity index (χ0n) is 17.9. The predicted molar refractivity (Wildman–Crippen MR) is 125 cm³/mol. The lowest BCUT2D eigenvalue weighted by molar-refractivity contribution is 0.103. The average Bonchev–Trinajstić information content (AvgIpc) is 3.39. The smallest absolute Gasteiger partial charge is 0.266 e. The van der Waals surface area contributed by atoms with Crippen molar-refractivity contribution in [3.05, 3.63) is 98.9 Å². The fourth-order valence-corrected chi connectivity index (χ4v) is 4.06. The number of aryl methyl sites for hydroxylation is 3. The second-order valence-corrected chi connectivity index (χ2v) is 8.63. The Labute approximate surface area is 186 Å². The number of nitrogens with one attached hydrogen (secondary N) is 1. The van der Waals surface area contributed by atoms with Gasteiger partial charge in [-0.3, -0.25) is 9.48 Å². The van der Waals surface area contributed by atoms with E-state index < -0.39 is 0 Å². The number of benzene rings is 2. The topological polar surface area (TPSA) is 56.2 Å². The van der Waals surface area contributed by atoms with Gasteiger partial charge in [-0.15, -0.1) is 11.3 Å². The van der Waals surface area contributed by atoms with Gasteiger partial charge in [-0.25, -0.2) is 0 Å². The SMILES string of the molecule is Cc1ccc(Cn2ccc(NC(=O)c3cc(COc4ccc(C)cc4C)cs3)n2)cc1. The molecule has 0 fully saturated rings. The summed E-state index contributed by atoms with van der Waals surface area (Å²) in [5.41, 5.74) is 5.68. The lowest BCUT2D eigenvalue weighted by atomic mass is 10.1. The fraction of sp³-hybridized carbons (Fsp3) is 0.200. The van der Waals surface area contributed by atoms with Crippen molar-refractivity contribution < 1.29 is 9.53 Å². The Balaban J connectivity index is 1.33. The van der Waals surface area contributed by atoms with Gasteiger partial charge >= 0.3 is 0 Å². The third-order valence-electron chi connectivity index (χ3n) is 4.95. The number of carbonyl (C=O) groups excluding carboxylic acids is 1.